The Morgan fingerprint density at radius 3 is 1.12 bits per heavy atom. The topological polar surface area (TPSA) is 40.5 Å². The Hall–Kier alpha value is 1.27. The molecule has 0 saturated carbocycles. The van der Waals surface area contributed by atoms with E-state index in [1.807, 2.05) is 0 Å². The first-order valence-corrected chi connectivity index (χ1v) is 1.47. The van der Waals surface area contributed by atoms with Crippen LogP contribution in [0.4, 0.5) is 0 Å². The molecule has 2 N–H and O–H groups in total. The van der Waals surface area contributed by atoms with Crippen molar-refractivity contribution in [3.8, 4) is 0 Å². The van der Waals surface area contributed by atoms with E-state index in [9.17, 15) is 0 Å². The summed E-state index contributed by atoms with van der Waals surface area (Å²) < 4.78 is 0. The molecule has 0 aromatic heterocycles. The van der Waals surface area contributed by atoms with Gasteiger partial charge in [-0.15, -0.1) is 0 Å². The van der Waals surface area contributed by atoms with Crippen molar-refractivity contribution in [2.24, 2.45) is 0 Å². The molecule has 0 bridgehead atoms. The third kappa shape index (κ3) is 178. The number of aliphatic hydroxyl groups is 2. The van der Waals surface area contributed by atoms with Crippen molar-refractivity contribution in [1.82, 2.24) is 0 Å². The maximum absolute atomic E-state index is 7.57. The number of hydrogen-bond donors (Lipinski definition) is 2. The summed E-state index contributed by atoms with van der Waals surface area (Å²) in [5.41, 5.74) is 0. The van der Waals surface area contributed by atoms with Crippen molar-refractivity contribution < 1.29 is 35.0 Å². The van der Waals surface area contributed by atoms with Gasteiger partial charge >= 0.3 is 23.1 Å². The fourth-order valence-electron chi connectivity index (χ4n) is 0. The van der Waals surface area contributed by atoms with Crippen LogP contribution in [0, 0.1) is 0 Å². The van der Waals surface area contributed by atoms with Crippen LogP contribution >= 0.6 is 0 Å². The van der Waals surface area contributed by atoms with E-state index in [-0.39, 0.29) is 54.5 Å². The average Bonchev–Trinajstić information content (AvgIpc) is 1.46. The minimum atomic E-state index is 0. The smallest absolute Gasteiger partial charge is 1.00 e. The zero-order valence-electron chi connectivity index (χ0n) is 5.06. The van der Waals surface area contributed by atoms with Crippen molar-refractivity contribution in [3.05, 3.63) is 0 Å². The SMILES string of the molecule is CCO.CO.[Cl-].[Cl-].[Mg+2]. The first-order chi connectivity index (χ1) is 2.41. The van der Waals surface area contributed by atoms with Crippen molar-refractivity contribution in [1.29, 1.82) is 0 Å². The monoisotopic (exact) mass is 172 g/mol. The molecule has 0 aliphatic carbocycles. The molecule has 0 aliphatic heterocycles. The van der Waals surface area contributed by atoms with Gasteiger partial charge < -0.3 is 35.0 Å². The van der Waals surface area contributed by atoms with E-state index in [2.05, 4.69) is 0 Å². The summed E-state index contributed by atoms with van der Waals surface area (Å²) in [4.78, 5) is 0. The van der Waals surface area contributed by atoms with Gasteiger partial charge in [-0.2, -0.15) is 0 Å². The van der Waals surface area contributed by atoms with E-state index in [0.717, 1.165) is 7.11 Å². The second-order valence-corrected chi connectivity index (χ2v) is 0.316. The van der Waals surface area contributed by atoms with E-state index in [1.165, 1.54) is 0 Å². The molecule has 0 aliphatic rings. The van der Waals surface area contributed by atoms with Gasteiger partial charge in [0.2, 0.25) is 0 Å². The molecule has 0 heterocycles. The van der Waals surface area contributed by atoms with Crippen LogP contribution in [0.15, 0.2) is 0 Å². The van der Waals surface area contributed by atoms with Gasteiger partial charge in [-0.25, -0.2) is 0 Å². The summed E-state index contributed by atoms with van der Waals surface area (Å²) in [5, 5.41) is 14.6. The van der Waals surface area contributed by atoms with Gasteiger partial charge in [-0.1, -0.05) is 0 Å². The van der Waals surface area contributed by atoms with Crippen LogP contribution in [0.25, 0.3) is 0 Å². The summed E-state index contributed by atoms with van der Waals surface area (Å²) in [7, 11) is 1.00. The van der Waals surface area contributed by atoms with Gasteiger partial charge in [0.05, 0.1) is 0 Å². The van der Waals surface area contributed by atoms with Crippen LogP contribution in [0.1, 0.15) is 6.92 Å². The van der Waals surface area contributed by atoms with E-state index in [4.69, 9.17) is 10.2 Å². The number of hydrogen-bond acceptors (Lipinski definition) is 2. The zero-order chi connectivity index (χ0) is 4.71. The fourth-order valence-corrected chi connectivity index (χ4v) is 0. The molecular weight excluding hydrogens is 163 g/mol. The summed E-state index contributed by atoms with van der Waals surface area (Å²) in [5.74, 6) is 0. The first-order valence-electron chi connectivity index (χ1n) is 1.47. The Morgan fingerprint density at radius 2 is 1.12 bits per heavy atom. The molecule has 2 nitrogen and oxygen atoms in total. The van der Waals surface area contributed by atoms with Gasteiger partial charge in [0.15, 0.2) is 0 Å². The maximum Gasteiger partial charge on any atom is 2.00 e. The molecule has 8 heavy (non-hydrogen) atoms. The van der Waals surface area contributed by atoms with E-state index in [0.29, 0.717) is 0 Å². The van der Waals surface area contributed by atoms with Crippen LogP contribution < -0.4 is 24.8 Å². The average molecular weight is 173 g/mol. The Bertz CT molecular complexity index is 15.2. The normalized spacial score (nSPS) is 3.00. The molecule has 0 radical (unpaired) electrons. The van der Waals surface area contributed by atoms with Crippen LogP contribution in [-0.4, -0.2) is 47.0 Å². The molecular formula is C3H10Cl2MgO2. The molecule has 0 rings (SSSR count). The van der Waals surface area contributed by atoms with Gasteiger partial charge in [0.25, 0.3) is 0 Å². The molecule has 0 aromatic rings. The molecule has 0 spiro atoms. The van der Waals surface area contributed by atoms with Gasteiger partial charge in [0.1, 0.15) is 0 Å². The zero-order valence-corrected chi connectivity index (χ0v) is 7.99. The van der Waals surface area contributed by atoms with Gasteiger partial charge in [-0.3, -0.25) is 0 Å². The van der Waals surface area contributed by atoms with Crippen LogP contribution in [0.5, 0.6) is 0 Å². The van der Waals surface area contributed by atoms with Crippen LogP contribution in [0.2, 0.25) is 0 Å². The van der Waals surface area contributed by atoms with E-state index >= 15 is 0 Å². The van der Waals surface area contributed by atoms with Crippen LogP contribution in [-0.2, 0) is 0 Å². The predicted octanol–water partition coefficient (Wildman–Crippen LogP) is -6.77. The van der Waals surface area contributed by atoms with Crippen molar-refractivity contribution in [2.75, 3.05) is 13.7 Å². The van der Waals surface area contributed by atoms with Crippen LogP contribution in [0.3, 0.4) is 0 Å². The summed E-state index contributed by atoms with van der Waals surface area (Å²) in [6, 6.07) is 0. The largest absolute Gasteiger partial charge is 2.00 e. The quantitative estimate of drug-likeness (QED) is 0.358. The first kappa shape index (κ1) is 34.8. The second kappa shape index (κ2) is 85.0. The third-order valence-electron chi connectivity index (χ3n) is 0. The molecule has 0 aromatic carbocycles. The number of rotatable bonds is 0. The molecule has 5 heteroatoms. The Kier molecular flexibility index (Phi) is 370. The summed E-state index contributed by atoms with van der Waals surface area (Å²) >= 11 is 0. The Morgan fingerprint density at radius 1 is 1.12 bits per heavy atom. The minimum Gasteiger partial charge on any atom is -1.00 e. The summed E-state index contributed by atoms with van der Waals surface area (Å²) in [6.07, 6.45) is 0. The van der Waals surface area contributed by atoms with E-state index < -0.39 is 0 Å². The second-order valence-electron chi connectivity index (χ2n) is 0.316. The number of aliphatic hydroxyl groups excluding tert-OH is 2. The van der Waals surface area contributed by atoms with Crippen molar-refractivity contribution in [2.45, 2.75) is 6.92 Å². The van der Waals surface area contributed by atoms with Crippen molar-refractivity contribution in [3.63, 3.8) is 0 Å². The predicted molar refractivity (Wildman–Crippen MR) is 26.7 cm³/mol. The molecule has 50 valence electrons. The molecule has 0 fully saturated rings. The third-order valence-corrected chi connectivity index (χ3v) is 0. The van der Waals surface area contributed by atoms with Gasteiger partial charge in [0, 0.05) is 13.7 Å². The molecule has 0 amide bonds. The summed E-state index contributed by atoms with van der Waals surface area (Å²) in [6.45, 7) is 1.93. The fraction of sp³-hybridized carbons (Fsp3) is 1.00. The number of halogens is 2. The molecule has 0 atom stereocenters. The molecule has 0 unspecified atom stereocenters. The maximum atomic E-state index is 7.57. The van der Waals surface area contributed by atoms with E-state index in [1.54, 1.807) is 6.92 Å². The Balaban J connectivity index is -0.00000000567. The molecule has 0 saturated heterocycles. The van der Waals surface area contributed by atoms with Gasteiger partial charge in [-0.05, 0) is 6.92 Å². The minimum absolute atomic E-state index is 0. The standard InChI is InChI=1S/C2H6O.CH4O.2ClH.Mg/c1-2-3;1-2;;;/h3H,2H2,1H3;2H,1H3;2*1H;/q;;;;+2/p-2. The Labute approximate surface area is 78.6 Å². The van der Waals surface area contributed by atoms with Crippen molar-refractivity contribution >= 4 is 23.1 Å².